The SMILES string of the molecule is CCCCCCCC(=O)OCC(CCCCNCCO)COC(=O)CCCCCCC. The van der Waals surface area contributed by atoms with E-state index >= 15 is 0 Å². The third-order valence-electron chi connectivity index (χ3n) is 5.43. The average Bonchev–Trinajstić information content (AvgIpc) is 2.77. The Morgan fingerprint density at radius 2 is 1.23 bits per heavy atom. The second-order valence-corrected chi connectivity index (χ2v) is 8.53. The molecule has 6 nitrogen and oxygen atoms in total. The molecule has 0 aromatic rings. The first-order chi connectivity index (χ1) is 15.1. The summed E-state index contributed by atoms with van der Waals surface area (Å²) in [6, 6.07) is 0. The molecule has 0 aromatic heterocycles. The largest absolute Gasteiger partial charge is 0.465 e. The fraction of sp³-hybridized carbons (Fsp3) is 0.920. The molecule has 6 heteroatoms. The number of aliphatic hydroxyl groups excluding tert-OH is 1. The van der Waals surface area contributed by atoms with Crippen molar-refractivity contribution in [1.29, 1.82) is 0 Å². The molecule has 0 spiro atoms. The van der Waals surface area contributed by atoms with Crippen molar-refractivity contribution < 1.29 is 24.2 Å². The van der Waals surface area contributed by atoms with Crippen LogP contribution >= 0.6 is 0 Å². The van der Waals surface area contributed by atoms with E-state index in [2.05, 4.69) is 19.2 Å². The lowest BCUT2D eigenvalue weighted by Gasteiger charge is -2.17. The molecule has 0 aliphatic rings. The highest BCUT2D eigenvalue weighted by Gasteiger charge is 2.15. The van der Waals surface area contributed by atoms with Crippen molar-refractivity contribution >= 4 is 11.9 Å². The average molecular weight is 444 g/mol. The lowest BCUT2D eigenvalue weighted by Crippen LogP contribution is -2.22. The van der Waals surface area contributed by atoms with Crippen LogP contribution in [-0.2, 0) is 19.1 Å². The van der Waals surface area contributed by atoms with E-state index in [9.17, 15) is 9.59 Å². The van der Waals surface area contributed by atoms with Gasteiger partial charge in [0.2, 0.25) is 0 Å². The third-order valence-corrected chi connectivity index (χ3v) is 5.43. The van der Waals surface area contributed by atoms with Gasteiger partial charge in [-0.25, -0.2) is 0 Å². The number of carbonyl (C=O) groups is 2. The Bertz CT molecular complexity index is 387. The molecule has 184 valence electrons. The van der Waals surface area contributed by atoms with Crippen LogP contribution in [0.25, 0.3) is 0 Å². The fourth-order valence-corrected chi connectivity index (χ4v) is 3.41. The molecule has 0 saturated carbocycles. The van der Waals surface area contributed by atoms with E-state index < -0.39 is 0 Å². The predicted molar refractivity (Wildman–Crippen MR) is 126 cm³/mol. The Morgan fingerprint density at radius 1 is 0.710 bits per heavy atom. The fourth-order valence-electron chi connectivity index (χ4n) is 3.41. The lowest BCUT2D eigenvalue weighted by molar-refractivity contribution is -0.149. The summed E-state index contributed by atoms with van der Waals surface area (Å²) in [6.45, 7) is 6.60. The lowest BCUT2D eigenvalue weighted by atomic mass is 10.0. The van der Waals surface area contributed by atoms with Crippen molar-refractivity contribution in [3.8, 4) is 0 Å². The van der Waals surface area contributed by atoms with E-state index in [1.165, 1.54) is 38.5 Å². The maximum absolute atomic E-state index is 12.0. The van der Waals surface area contributed by atoms with E-state index in [0.29, 0.717) is 32.6 Å². The van der Waals surface area contributed by atoms with Crippen LogP contribution in [0.2, 0.25) is 0 Å². The zero-order valence-electron chi connectivity index (χ0n) is 20.3. The van der Waals surface area contributed by atoms with Gasteiger partial charge in [0.15, 0.2) is 0 Å². The molecule has 0 rings (SSSR count). The van der Waals surface area contributed by atoms with Crippen molar-refractivity contribution in [3.05, 3.63) is 0 Å². The molecule has 0 unspecified atom stereocenters. The van der Waals surface area contributed by atoms with Crippen LogP contribution in [0.5, 0.6) is 0 Å². The molecule has 2 N–H and O–H groups in total. The van der Waals surface area contributed by atoms with E-state index in [1.807, 2.05) is 0 Å². The van der Waals surface area contributed by atoms with E-state index in [4.69, 9.17) is 14.6 Å². The molecule has 0 bridgehead atoms. The molecule has 0 aromatic carbocycles. The number of hydrogen-bond donors (Lipinski definition) is 2. The summed E-state index contributed by atoms with van der Waals surface area (Å²) in [4.78, 5) is 24.1. The summed E-state index contributed by atoms with van der Waals surface area (Å²) >= 11 is 0. The van der Waals surface area contributed by atoms with Gasteiger partial charge in [-0.15, -0.1) is 0 Å². The molecule has 0 atom stereocenters. The highest BCUT2D eigenvalue weighted by molar-refractivity contribution is 5.69. The van der Waals surface area contributed by atoms with Gasteiger partial charge in [0.1, 0.15) is 0 Å². The van der Waals surface area contributed by atoms with Crippen molar-refractivity contribution in [1.82, 2.24) is 5.32 Å². The normalized spacial score (nSPS) is 11.1. The summed E-state index contributed by atoms with van der Waals surface area (Å²) in [7, 11) is 0. The van der Waals surface area contributed by atoms with Crippen LogP contribution in [0.15, 0.2) is 0 Å². The molecule has 0 heterocycles. The van der Waals surface area contributed by atoms with Crippen molar-refractivity contribution in [2.24, 2.45) is 5.92 Å². The van der Waals surface area contributed by atoms with Gasteiger partial charge < -0.3 is 19.9 Å². The zero-order valence-corrected chi connectivity index (χ0v) is 20.3. The third kappa shape index (κ3) is 21.9. The topological polar surface area (TPSA) is 84.9 Å². The number of hydrogen-bond acceptors (Lipinski definition) is 6. The van der Waals surface area contributed by atoms with Gasteiger partial charge in [-0.3, -0.25) is 9.59 Å². The van der Waals surface area contributed by atoms with Crippen LogP contribution in [0.3, 0.4) is 0 Å². The van der Waals surface area contributed by atoms with Crippen LogP contribution in [-0.4, -0.2) is 50.0 Å². The molecule has 0 fully saturated rings. The molecule has 0 saturated heterocycles. The van der Waals surface area contributed by atoms with Crippen LogP contribution < -0.4 is 5.32 Å². The molecule has 0 radical (unpaired) electrons. The smallest absolute Gasteiger partial charge is 0.305 e. The Hall–Kier alpha value is -1.14. The number of unbranched alkanes of at least 4 members (excludes halogenated alkanes) is 9. The second kappa shape index (κ2) is 23.5. The molecule has 0 amide bonds. The molecular weight excluding hydrogens is 394 g/mol. The van der Waals surface area contributed by atoms with Gasteiger partial charge in [-0.2, -0.15) is 0 Å². The summed E-state index contributed by atoms with van der Waals surface area (Å²) < 4.78 is 11.0. The maximum atomic E-state index is 12.0. The molecule has 31 heavy (non-hydrogen) atoms. The van der Waals surface area contributed by atoms with Crippen molar-refractivity contribution in [3.63, 3.8) is 0 Å². The summed E-state index contributed by atoms with van der Waals surface area (Å²) in [6.07, 6.45) is 14.8. The Labute approximate surface area is 190 Å². The first-order valence-electron chi connectivity index (χ1n) is 12.8. The number of nitrogens with one attached hydrogen (secondary N) is 1. The van der Waals surface area contributed by atoms with E-state index in [1.54, 1.807) is 0 Å². The Balaban J connectivity index is 4.16. The summed E-state index contributed by atoms with van der Waals surface area (Å²) in [5, 5.41) is 12.0. The number of aliphatic hydroxyl groups is 1. The summed E-state index contributed by atoms with van der Waals surface area (Å²) in [5.41, 5.74) is 0. The van der Waals surface area contributed by atoms with Crippen LogP contribution in [0.1, 0.15) is 110 Å². The highest BCUT2D eigenvalue weighted by atomic mass is 16.5. The van der Waals surface area contributed by atoms with Crippen LogP contribution in [0.4, 0.5) is 0 Å². The van der Waals surface area contributed by atoms with Gasteiger partial charge in [-0.1, -0.05) is 71.6 Å². The standard InChI is InChI=1S/C25H49NO5/c1-3-5-7-9-11-16-24(28)30-21-23(15-13-14-18-26-19-20-27)22-31-25(29)17-12-10-8-6-4-2/h23,26-27H,3-22H2,1-2H3. The number of ether oxygens (including phenoxy) is 2. The minimum Gasteiger partial charge on any atom is -0.465 e. The molecular formula is C25H49NO5. The number of esters is 2. The molecule has 0 aliphatic carbocycles. The van der Waals surface area contributed by atoms with Crippen molar-refractivity contribution in [2.45, 2.75) is 110 Å². The Morgan fingerprint density at radius 3 is 1.71 bits per heavy atom. The second-order valence-electron chi connectivity index (χ2n) is 8.53. The monoisotopic (exact) mass is 443 g/mol. The first-order valence-corrected chi connectivity index (χ1v) is 12.8. The maximum Gasteiger partial charge on any atom is 0.305 e. The van der Waals surface area contributed by atoms with Crippen LogP contribution in [0, 0.1) is 5.92 Å². The number of carbonyl (C=O) groups excluding carboxylic acids is 2. The predicted octanol–water partition coefficient (Wildman–Crippen LogP) is 5.16. The minimum atomic E-state index is -0.145. The van der Waals surface area contributed by atoms with Gasteiger partial charge >= 0.3 is 11.9 Å². The number of rotatable bonds is 23. The van der Waals surface area contributed by atoms with Crippen molar-refractivity contribution in [2.75, 3.05) is 32.9 Å². The first kappa shape index (κ1) is 29.9. The quantitative estimate of drug-likeness (QED) is 0.168. The zero-order chi connectivity index (χ0) is 23.0. The van der Waals surface area contributed by atoms with Gasteiger partial charge in [0, 0.05) is 25.3 Å². The van der Waals surface area contributed by atoms with Gasteiger partial charge in [-0.05, 0) is 32.2 Å². The highest BCUT2D eigenvalue weighted by Crippen LogP contribution is 2.13. The van der Waals surface area contributed by atoms with E-state index in [0.717, 1.165) is 51.5 Å². The minimum absolute atomic E-state index is 0.0472. The Kier molecular flexibility index (Phi) is 22.7. The van der Waals surface area contributed by atoms with Gasteiger partial charge in [0.05, 0.1) is 19.8 Å². The van der Waals surface area contributed by atoms with E-state index in [-0.39, 0.29) is 24.5 Å². The molecule has 0 aliphatic heterocycles. The summed E-state index contributed by atoms with van der Waals surface area (Å²) in [5.74, 6) is -0.243. The van der Waals surface area contributed by atoms with Gasteiger partial charge in [0.25, 0.3) is 0 Å².